The molecule has 2 heterocycles. The fourth-order valence-electron chi connectivity index (χ4n) is 1.87. The summed E-state index contributed by atoms with van der Waals surface area (Å²) in [5, 5.41) is 3.26. The molecule has 0 bridgehead atoms. The van der Waals surface area contributed by atoms with Crippen molar-refractivity contribution >= 4 is 5.52 Å². The molecule has 0 aliphatic carbocycles. The summed E-state index contributed by atoms with van der Waals surface area (Å²) in [5.41, 5.74) is 2.57. The molecule has 0 radical (unpaired) electrons. The number of pyridine rings is 1. The Kier molecular flexibility index (Phi) is 3.15. The largest absolute Gasteiger partial charge is 0.497 e. The van der Waals surface area contributed by atoms with Crippen LogP contribution >= 0.6 is 0 Å². The summed E-state index contributed by atoms with van der Waals surface area (Å²) in [4.78, 5) is 0. The van der Waals surface area contributed by atoms with Crippen LogP contribution in [0.1, 0.15) is 12.5 Å². The number of fused-ring (bicyclic) bond motifs is 1. The Bertz CT molecular complexity index is 476. The monoisotopic (exact) mass is 218 g/mol. The number of nitrogens with one attached hydrogen (secondary N) is 1. The molecule has 1 unspecified atom stereocenters. The third-order valence-corrected chi connectivity index (χ3v) is 2.98. The van der Waals surface area contributed by atoms with E-state index in [4.69, 9.17) is 4.74 Å². The molecule has 0 aliphatic rings. The SMILES string of the molecule is CNC(C)Cc1ccn2ccc(OC)cc12. The number of likely N-dealkylation sites (N-methyl/N-ethyl adjacent to an activating group) is 1. The molecular formula is C13H18N2O. The lowest BCUT2D eigenvalue weighted by atomic mass is 10.1. The van der Waals surface area contributed by atoms with Gasteiger partial charge in [0.25, 0.3) is 0 Å². The molecule has 0 spiro atoms. The van der Waals surface area contributed by atoms with Gasteiger partial charge >= 0.3 is 0 Å². The van der Waals surface area contributed by atoms with Crippen LogP contribution in [0.15, 0.2) is 30.6 Å². The first-order chi connectivity index (χ1) is 7.74. The zero-order valence-corrected chi connectivity index (χ0v) is 10.0. The standard InChI is InChI=1S/C13H18N2O/c1-10(14-2)8-11-4-6-15-7-5-12(16-3)9-13(11)15/h4-7,9-10,14H,8H2,1-3H3. The molecule has 86 valence electrons. The van der Waals surface area contributed by atoms with Gasteiger partial charge in [0.1, 0.15) is 5.75 Å². The second-order valence-corrected chi connectivity index (χ2v) is 4.09. The molecule has 0 saturated heterocycles. The fourth-order valence-corrected chi connectivity index (χ4v) is 1.87. The van der Waals surface area contributed by atoms with Crippen molar-refractivity contribution in [3.05, 3.63) is 36.2 Å². The highest BCUT2D eigenvalue weighted by atomic mass is 16.5. The lowest BCUT2D eigenvalue weighted by Gasteiger charge is -2.09. The number of methoxy groups -OCH3 is 1. The van der Waals surface area contributed by atoms with E-state index in [1.54, 1.807) is 7.11 Å². The average molecular weight is 218 g/mol. The van der Waals surface area contributed by atoms with Crippen molar-refractivity contribution < 1.29 is 4.74 Å². The van der Waals surface area contributed by atoms with Gasteiger partial charge in [-0.05, 0) is 38.1 Å². The maximum atomic E-state index is 5.25. The predicted molar refractivity (Wildman–Crippen MR) is 66.2 cm³/mol. The van der Waals surface area contributed by atoms with Crippen molar-refractivity contribution in [1.82, 2.24) is 9.72 Å². The highest BCUT2D eigenvalue weighted by Gasteiger charge is 2.07. The van der Waals surface area contributed by atoms with Gasteiger partial charge in [-0.3, -0.25) is 0 Å². The normalized spacial score (nSPS) is 12.9. The Hall–Kier alpha value is -1.48. The van der Waals surface area contributed by atoms with Crippen LogP contribution < -0.4 is 10.1 Å². The summed E-state index contributed by atoms with van der Waals surface area (Å²) in [6.45, 7) is 2.18. The first-order valence-corrected chi connectivity index (χ1v) is 5.55. The number of hydrogen-bond donors (Lipinski definition) is 1. The summed E-state index contributed by atoms with van der Waals surface area (Å²) >= 11 is 0. The molecule has 16 heavy (non-hydrogen) atoms. The predicted octanol–water partition coefficient (Wildman–Crippen LogP) is 2.10. The summed E-state index contributed by atoms with van der Waals surface area (Å²) < 4.78 is 7.37. The molecule has 0 aromatic carbocycles. The molecular weight excluding hydrogens is 200 g/mol. The van der Waals surface area contributed by atoms with Crippen molar-refractivity contribution in [2.45, 2.75) is 19.4 Å². The molecule has 2 aromatic rings. The van der Waals surface area contributed by atoms with Gasteiger partial charge in [0, 0.05) is 24.5 Å². The molecule has 0 fully saturated rings. The van der Waals surface area contributed by atoms with Crippen LogP contribution in [0.2, 0.25) is 0 Å². The lowest BCUT2D eigenvalue weighted by molar-refractivity contribution is 0.414. The minimum atomic E-state index is 0.484. The van der Waals surface area contributed by atoms with E-state index in [1.807, 2.05) is 19.3 Å². The van der Waals surface area contributed by atoms with Gasteiger partial charge in [-0.25, -0.2) is 0 Å². The van der Waals surface area contributed by atoms with Gasteiger partial charge in [0.05, 0.1) is 12.6 Å². The highest BCUT2D eigenvalue weighted by molar-refractivity contribution is 5.58. The van der Waals surface area contributed by atoms with Gasteiger partial charge in [0.2, 0.25) is 0 Å². The van der Waals surface area contributed by atoms with Gasteiger partial charge in [0.15, 0.2) is 0 Å². The number of hydrogen-bond acceptors (Lipinski definition) is 2. The van der Waals surface area contributed by atoms with E-state index in [0.29, 0.717) is 6.04 Å². The minimum Gasteiger partial charge on any atom is -0.497 e. The Balaban J connectivity index is 2.38. The van der Waals surface area contributed by atoms with E-state index in [2.05, 4.69) is 35.0 Å². The van der Waals surface area contributed by atoms with Crippen LogP contribution in [-0.2, 0) is 6.42 Å². The Morgan fingerprint density at radius 3 is 2.81 bits per heavy atom. The second kappa shape index (κ2) is 4.58. The topological polar surface area (TPSA) is 25.7 Å². The average Bonchev–Trinajstić information content (AvgIpc) is 2.71. The molecule has 1 N–H and O–H groups in total. The van der Waals surface area contributed by atoms with Crippen LogP contribution in [0, 0.1) is 0 Å². The first-order valence-electron chi connectivity index (χ1n) is 5.55. The highest BCUT2D eigenvalue weighted by Crippen LogP contribution is 2.20. The first kappa shape index (κ1) is 11.0. The maximum absolute atomic E-state index is 5.25. The van der Waals surface area contributed by atoms with E-state index < -0.39 is 0 Å². The van der Waals surface area contributed by atoms with E-state index in [1.165, 1.54) is 11.1 Å². The fraction of sp³-hybridized carbons (Fsp3) is 0.385. The van der Waals surface area contributed by atoms with Gasteiger partial charge in [-0.2, -0.15) is 0 Å². The Labute approximate surface area is 96.0 Å². The number of rotatable bonds is 4. The van der Waals surface area contributed by atoms with Crippen molar-refractivity contribution in [3.63, 3.8) is 0 Å². The number of nitrogens with zero attached hydrogens (tertiary/aromatic N) is 1. The number of aromatic nitrogens is 1. The van der Waals surface area contributed by atoms with Crippen LogP contribution in [0.5, 0.6) is 5.75 Å². The van der Waals surface area contributed by atoms with Gasteiger partial charge < -0.3 is 14.5 Å². The summed E-state index contributed by atoms with van der Waals surface area (Å²) in [6.07, 6.45) is 5.15. The van der Waals surface area contributed by atoms with Crippen LogP contribution in [-0.4, -0.2) is 24.6 Å². The molecule has 0 saturated carbocycles. The van der Waals surface area contributed by atoms with Gasteiger partial charge in [-0.1, -0.05) is 0 Å². The quantitative estimate of drug-likeness (QED) is 0.850. The number of ether oxygens (including phenoxy) is 1. The lowest BCUT2D eigenvalue weighted by Crippen LogP contribution is -2.23. The minimum absolute atomic E-state index is 0.484. The maximum Gasteiger partial charge on any atom is 0.122 e. The third-order valence-electron chi connectivity index (χ3n) is 2.98. The molecule has 3 nitrogen and oxygen atoms in total. The molecule has 3 heteroatoms. The smallest absolute Gasteiger partial charge is 0.122 e. The van der Waals surface area contributed by atoms with E-state index in [0.717, 1.165) is 12.2 Å². The molecule has 0 amide bonds. The summed E-state index contributed by atoms with van der Waals surface area (Å²) in [5.74, 6) is 0.907. The van der Waals surface area contributed by atoms with Crippen LogP contribution in [0.4, 0.5) is 0 Å². The third kappa shape index (κ3) is 2.04. The molecule has 1 atom stereocenters. The Morgan fingerprint density at radius 1 is 1.38 bits per heavy atom. The van der Waals surface area contributed by atoms with E-state index in [9.17, 15) is 0 Å². The van der Waals surface area contributed by atoms with E-state index in [-0.39, 0.29) is 0 Å². The van der Waals surface area contributed by atoms with Crippen LogP contribution in [0.25, 0.3) is 5.52 Å². The van der Waals surface area contributed by atoms with E-state index >= 15 is 0 Å². The van der Waals surface area contributed by atoms with Crippen molar-refractivity contribution in [2.75, 3.05) is 14.2 Å². The Morgan fingerprint density at radius 2 is 2.12 bits per heavy atom. The van der Waals surface area contributed by atoms with Gasteiger partial charge in [-0.15, -0.1) is 0 Å². The molecule has 2 aromatic heterocycles. The van der Waals surface area contributed by atoms with Crippen molar-refractivity contribution in [3.8, 4) is 5.75 Å². The summed E-state index contributed by atoms with van der Waals surface area (Å²) in [7, 11) is 3.69. The zero-order chi connectivity index (χ0) is 11.5. The molecule has 0 aliphatic heterocycles. The zero-order valence-electron chi connectivity index (χ0n) is 10.0. The van der Waals surface area contributed by atoms with Crippen LogP contribution in [0.3, 0.4) is 0 Å². The van der Waals surface area contributed by atoms with Crippen molar-refractivity contribution in [2.24, 2.45) is 0 Å². The van der Waals surface area contributed by atoms with Crippen molar-refractivity contribution in [1.29, 1.82) is 0 Å². The molecule has 2 rings (SSSR count). The summed E-state index contributed by atoms with van der Waals surface area (Å²) in [6, 6.07) is 6.70. The second-order valence-electron chi connectivity index (χ2n) is 4.09.